The second kappa shape index (κ2) is 6.41. The lowest BCUT2D eigenvalue weighted by atomic mass is 10.4. The molecule has 2 N–H and O–H groups in total. The van der Waals surface area contributed by atoms with Crippen LogP contribution in [0.15, 0.2) is 27.8 Å². The van der Waals surface area contributed by atoms with Crippen LogP contribution < -0.4 is 4.72 Å². The van der Waals surface area contributed by atoms with E-state index in [1.165, 1.54) is 25.6 Å². The lowest BCUT2D eigenvalue weighted by Crippen LogP contribution is -2.34. The van der Waals surface area contributed by atoms with Gasteiger partial charge in [0, 0.05) is 30.5 Å². The van der Waals surface area contributed by atoms with Crippen LogP contribution in [-0.2, 0) is 14.8 Å². The molecule has 8 heteroatoms. The summed E-state index contributed by atoms with van der Waals surface area (Å²) in [6.07, 6.45) is 1.84. The molecule has 0 spiro atoms. The number of sulfonamides is 1. The predicted molar refractivity (Wildman–Crippen MR) is 65.0 cm³/mol. The standard InChI is InChI=1S/C9H13BrN2O4S/c1-16-6-8(13)4-12-17(14,15)9-2-7(10)3-11-5-9/h2-3,5,8,12-13H,4,6H2,1H3. The molecule has 0 aliphatic carbocycles. The van der Waals surface area contributed by atoms with E-state index in [4.69, 9.17) is 0 Å². The van der Waals surface area contributed by atoms with Gasteiger partial charge in [-0.1, -0.05) is 0 Å². The van der Waals surface area contributed by atoms with Gasteiger partial charge in [-0.15, -0.1) is 0 Å². The van der Waals surface area contributed by atoms with Crippen molar-refractivity contribution in [3.8, 4) is 0 Å². The van der Waals surface area contributed by atoms with E-state index in [-0.39, 0.29) is 18.0 Å². The van der Waals surface area contributed by atoms with Gasteiger partial charge < -0.3 is 9.84 Å². The first kappa shape index (κ1) is 14.5. The van der Waals surface area contributed by atoms with Crippen LogP contribution in [-0.4, -0.2) is 44.9 Å². The fourth-order valence-corrected chi connectivity index (χ4v) is 2.66. The minimum absolute atomic E-state index is 0.0384. The molecule has 1 unspecified atom stereocenters. The Balaban J connectivity index is 2.69. The number of halogens is 1. The van der Waals surface area contributed by atoms with Crippen LogP contribution >= 0.6 is 15.9 Å². The van der Waals surface area contributed by atoms with Crippen LogP contribution in [0.25, 0.3) is 0 Å². The monoisotopic (exact) mass is 324 g/mol. The molecule has 0 aliphatic heterocycles. The summed E-state index contributed by atoms with van der Waals surface area (Å²) in [6, 6.07) is 1.43. The summed E-state index contributed by atoms with van der Waals surface area (Å²) in [6.45, 7) is -0.0397. The summed E-state index contributed by atoms with van der Waals surface area (Å²) in [5.41, 5.74) is 0. The van der Waals surface area contributed by atoms with Crippen LogP contribution in [0.4, 0.5) is 0 Å². The minimum atomic E-state index is -3.65. The van der Waals surface area contributed by atoms with Crippen molar-refractivity contribution in [3.05, 3.63) is 22.9 Å². The zero-order valence-electron chi connectivity index (χ0n) is 9.13. The highest BCUT2D eigenvalue weighted by Crippen LogP contribution is 2.13. The third-order valence-corrected chi connectivity index (χ3v) is 3.68. The molecule has 0 fully saturated rings. The van der Waals surface area contributed by atoms with Crippen molar-refractivity contribution in [2.24, 2.45) is 0 Å². The molecule has 6 nitrogen and oxygen atoms in total. The molecule has 1 aromatic heterocycles. The van der Waals surface area contributed by atoms with E-state index in [2.05, 4.69) is 30.4 Å². The van der Waals surface area contributed by atoms with E-state index in [1.54, 1.807) is 0 Å². The molecule has 1 aromatic rings. The second-order valence-electron chi connectivity index (χ2n) is 3.30. The van der Waals surface area contributed by atoms with Crippen molar-refractivity contribution in [2.45, 2.75) is 11.0 Å². The average molecular weight is 325 g/mol. The number of hydrogen-bond acceptors (Lipinski definition) is 5. The third-order valence-electron chi connectivity index (χ3n) is 1.86. The maximum absolute atomic E-state index is 11.8. The topological polar surface area (TPSA) is 88.5 Å². The molecular weight excluding hydrogens is 312 g/mol. The number of aliphatic hydroxyl groups excluding tert-OH is 1. The van der Waals surface area contributed by atoms with Gasteiger partial charge in [0.05, 0.1) is 12.7 Å². The van der Waals surface area contributed by atoms with Crippen LogP contribution in [0.2, 0.25) is 0 Å². The summed E-state index contributed by atoms with van der Waals surface area (Å²) in [4.78, 5) is 3.80. The van der Waals surface area contributed by atoms with Gasteiger partial charge in [0.15, 0.2) is 0 Å². The Morgan fingerprint density at radius 2 is 2.29 bits per heavy atom. The van der Waals surface area contributed by atoms with Crippen molar-refractivity contribution < 1.29 is 18.3 Å². The second-order valence-corrected chi connectivity index (χ2v) is 5.98. The Hall–Kier alpha value is -0.540. The van der Waals surface area contributed by atoms with Gasteiger partial charge in [0.25, 0.3) is 0 Å². The van der Waals surface area contributed by atoms with E-state index in [1.807, 2.05) is 0 Å². The van der Waals surface area contributed by atoms with E-state index in [0.29, 0.717) is 4.47 Å². The van der Waals surface area contributed by atoms with Crippen molar-refractivity contribution in [2.75, 3.05) is 20.3 Å². The summed E-state index contributed by atoms with van der Waals surface area (Å²) in [5.74, 6) is 0. The molecule has 96 valence electrons. The Kier molecular flexibility index (Phi) is 5.47. The van der Waals surface area contributed by atoms with Gasteiger partial charge in [-0.2, -0.15) is 0 Å². The largest absolute Gasteiger partial charge is 0.389 e. The first-order valence-electron chi connectivity index (χ1n) is 4.73. The molecule has 0 aliphatic rings. The molecular formula is C9H13BrN2O4S. The molecule has 0 radical (unpaired) electrons. The predicted octanol–water partition coefficient (Wildman–Crippen LogP) is 0.130. The molecule has 0 amide bonds. The molecule has 0 bridgehead atoms. The number of rotatable bonds is 6. The number of nitrogens with zero attached hydrogens (tertiary/aromatic N) is 1. The number of nitrogens with one attached hydrogen (secondary N) is 1. The zero-order chi connectivity index (χ0) is 12.9. The van der Waals surface area contributed by atoms with Crippen LogP contribution in [0, 0.1) is 0 Å². The number of methoxy groups -OCH3 is 1. The van der Waals surface area contributed by atoms with Crippen LogP contribution in [0.1, 0.15) is 0 Å². The number of pyridine rings is 1. The highest BCUT2D eigenvalue weighted by molar-refractivity contribution is 9.10. The van der Waals surface area contributed by atoms with E-state index >= 15 is 0 Å². The molecule has 17 heavy (non-hydrogen) atoms. The smallest absolute Gasteiger partial charge is 0.242 e. The van der Waals surface area contributed by atoms with Crippen molar-refractivity contribution in [3.63, 3.8) is 0 Å². The maximum atomic E-state index is 11.8. The molecule has 1 heterocycles. The van der Waals surface area contributed by atoms with E-state index in [0.717, 1.165) is 0 Å². The normalized spacial score (nSPS) is 13.6. The Labute approximate surface area is 108 Å². The van der Waals surface area contributed by atoms with Crippen LogP contribution in [0.3, 0.4) is 0 Å². The van der Waals surface area contributed by atoms with Gasteiger partial charge in [0.2, 0.25) is 10.0 Å². The van der Waals surface area contributed by atoms with Gasteiger partial charge in [-0.05, 0) is 22.0 Å². The minimum Gasteiger partial charge on any atom is -0.389 e. The Morgan fingerprint density at radius 3 is 2.88 bits per heavy atom. The molecule has 0 saturated heterocycles. The third kappa shape index (κ3) is 4.68. The van der Waals surface area contributed by atoms with Gasteiger partial charge in [-0.25, -0.2) is 13.1 Å². The fourth-order valence-electron chi connectivity index (χ4n) is 1.08. The van der Waals surface area contributed by atoms with Crippen LogP contribution in [0.5, 0.6) is 0 Å². The molecule has 0 aromatic carbocycles. The van der Waals surface area contributed by atoms with E-state index < -0.39 is 16.1 Å². The fraction of sp³-hybridized carbons (Fsp3) is 0.444. The summed E-state index contributed by atoms with van der Waals surface area (Å²) < 4.78 is 31.1. The van der Waals surface area contributed by atoms with Gasteiger partial charge >= 0.3 is 0 Å². The van der Waals surface area contributed by atoms with Crippen molar-refractivity contribution in [1.82, 2.24) is 9.71 Å². The SMILES string of the molecule is COCC(O)CNS(=O)(=O)c1cncc(Br)c1. The zero-order valence-corrected chi connectivity index (χ0v) is 11.5. The number of ether oxygens (including phenoxy) is 1. The number of aliphatic hydroxyl groups is 1. The highest BCUT2D eigenvalue weighted by Gasteiger charge is 2.16. The van der Waals surface area contributed by atoms with Gasteiger partial charge in [-0.3, -0.25) is 4.98 Å². The van der Waals surface area contributed by atoms with Crippen molar-refractivity contribution >= 4 is 26.0 Å². The lowest BCUT2D eigenvalue weighted by Gasteiger charge is -2.11. The highest BCUT2D eigenvalue weighted by atomic mass is 79.9. The quantitative estimate of drug-likeness (QED) is 0.776. The first-order chi connectivity index (χ1) is 7.95. The van der Waals surface area contributed by atoms with Gasteiger partial charge in [0.1, 0.15) is 4.90 Å². The van der Waals surface area contributed by atoms with E-state index in [9.17, 15) is 13.5 Å². The summed E-state index contributed by atoms with van der Waals surface area (Å²) >= 11 is 3.14. The summed E-state index contributed by atoms with van der Waals surface area (Å²) in [5, 5.41) is 9.34. The summed E-state index contributed by atoms with van der Waals surface area (Å²) in [7, 11) is -2.23. The first-order valence-corrected chi connectivity index (χ1v) is 7.00. The number of hydrogen-bond donors (Lipinski definition) is 2. The maximum Gasteiger partial charge on any atom is 0.242 e. The lowest BCUT2D eigenvalue weighted by molar-refractivity contribution is 0.0679. The Morgan fingerprint density at radius 1 is 1.59 bits per heavy atom. The Bertz CT molecular complexity index is 466. The molecule has 1 rings (SSSR count). The average Bonchev–Trinajstić information content (AvgIpc) is 2.27. The molecule has 0 saturated carbocycles. The molecule has 1 atom stereocenters. The van der Waals surface area contributed by atoms with Crippen molar-refractivity contribution in [1.29, 1.82) is 0 Å². The number of aromatic nitrogens is 1.